The standard InChI is InChI=1S/C17H24N6O4/c1-2-27-12-4-7-22-14(24)15(25)23(17(22)26)13-20-8-10-21(11-9-20)16-18-5-3-6-19-16/h3,5-6H,2,4,7-13H2,1H3/p+1. The van der Waals surface area contributed by atoms with Crippen molar-refractivity contribution in [3.63, 3.8) is 0 Å². The highest BCUT2D eigenvalue weighted by Gasteiger charge is 2.46. The fourth-order valence-corrected chi connectivity index (χ4v) is 3.22. The van der Waals surface area contributed by atoms with Gasteiger partial charge in [0, 0.05) is 32.2 Å². The van der Waals surface area contributed by atoms with Gasteiger partial charge in [0.25, 0.3) is 0 Å². The van der Waals surface area contributed by atoms with Crippen molar-refractivity contribution in [2.45, 2.75) is 13.3 Å². The number of carbonyl (C=O) groups is 3. The van der Waals surface area contributed by atoms with E-state index in [1.54, 1.807) is 18.5 Å². The molecule has 0 unspecified atom stereocenters. The van der Waals surface area contributed by atoms with Crippen LogP contribution in [0.25, 0.3) is 0 Å². The highest BCUT2D eigenvalue weighted by Crippen LogP contribution is 2.11. The average molecular weight is 377 g/mol. The average Bonchev–Trinajstić information content (AvgIpc) is 2.90. The van der Waals surface area contributed by atoms with Crippen LogP contribution in [0.2, 0.25) is 0 Å². The number of aromatic nitrogens is 2. The monoisotopic (exact) mass is 377 g/mol. The third-order valence-corrected chi connectivity index (χ3v) is 4.70. The number of quaternary nitrogens is 1. The summed E-state index contributed by atoms with van der Waals surface area (Å²) in [6.45, 7) is 6.23. The van der Waals surface area contributed by atoms with E-state index < -0.39 is 17.8 Å². The van der Waals surface area contributed by atoms with Gasteiger partial charge in [-0.05, 0) is 19.4 Å². The molecule has 10 nitrogen and oxygen atoms in total. The molecule has 2 fully saturated rings. The predicted molar refractivity (Wildman–Crippen MR) is 94.9 cm³/mol. The lowest BCUT2D eigenvalue weighted by Crippen LogP contribution is -3.16. The molecule has 27 heavy (non-hydrogen) atoms. The van der Waals surface area contributed by atoms with E-state index in [4.69, 9.17) is 4.74 Å². The second kappa shape index (κ2) is 8.87. The summed E-state index contributed by atoms with van der Waals surface area (Å²) in [5.41, 5.74) is 0. The zero-order chi connectivity index (χ0) is 19.2. The highest BCUT2D eigenvalue weighted by atomic mass is 16.5. The van der Waals surface area contributed by atoms with Crippen molar-refractivity contribution in [2.75, 3.05) is 57.5 Å². The van der Waals surface area contributed by atoms with Crippen LogP contribution in [0.1, 0.15) is 13.3 Å². The van der Waals surface area contributed by atoms with Gasteiger partial charge in [0.15, 0.2) is 6.67 Å². The van der Waals surface area contributed by atoms with Crippen LogP contribution in [0, 0.1) is 0 Å². The normalized spacial score (nSPS) is 18.7. The molecule has 146 valence electrons. The van der Waals surface area contributed by atoms with E-state index in [2.05, 4.69) is 14.9 Å². The minimum atomic E-state index is -0.743. The summed E-state index contributed by atoms with van der Waals surface area (Å²) < 4.78 is 5.22. The van der Waals surface area contributed by atoms with Crippen molar-refractivity contribution in [1.82, 2.24) is 19.8 Å². The molecule has 0 saturated carbocycles. The Bertz CT molecular complexity index is 677. The lowest BCUT2D eigenvalue weighted by atomic mass is 10.3. The first-order chi connectivity index (χ1) is 13.1. The van der Waals surface area contributed by atoms with Gasteiger partial charge in [-0.3, -0.25) is 14.5 Å². The molecule has 2 saturated heterocycles. The molecular weight excluding hydrogens is 352 g/mol. The molecule has 0 aliphatic carbocycles. The summed E-state index contributed by atoms with van der Waals surface area (Å²) in [6, 6.07) is 1.25. The fourth-order valence-electron chi connectivity index (χ4n) is 3.22. The molecular formula is C17H25N6O4+. The number of hydrogen-bond acceptors (Lipinski definition) is 7. The first-order valence-electron chi connectivity index (χ1n) is 9.22. The molecule has 4 amide bonds. The quantitative estimate of drug-likeness (QED) is 0.329. The van der Waals surface area contributed by atoms with Crippen LogP contribution in [-0.2, 0) is 14.3 Å². The molecule has 1 N–H and O–H groups in total. The van der Waals surface area contributed by atoms with Crippen LogP contribution >= 0.6 is 0 Å². The van der Waals surface area contributed by atoms with Crippen molar-refractivity contribution >= 4 is 23.8 Å². The van der Waals surface area contributed by atoms with Gasteiger partial charge in [0.05, 0.1) is 26.2 Å². The van der Waals surface area contributed by atoms with Gasteiger partial charge in [-0.1, -0.05) is 0 Å². The molecule has 2 aliphatic heterocycles. The largest absolute Gasteiger partial charge is 0.382 e. The maximum absolute atomic E-state index is 12.5. The van der Waals surface area contributed by atoms with Crippen LogP contribution < -0.4 is 9.80 Å². The Balaban J connectivity index is 1.51. The Morgan fingerprint density at radius 1 is 1.07 bits per heavy atom. The molecule has 1 aromatic rings. The molecule has 0 atom stereocenters. The molecule has 0 aromatic carbocycles. The SMILES string of the molecule is CCOCCCN1C(=O)C(=O)N(C[NH+]2CCN(c3ncccn3)CC2)C1=O. The lowest BCUT2D eigenvalue weighted by Gasteiger charge is -2.33. The third-order valence-electron chi connectivity index (χ3n) is 4.70. The Kier molecular flexibility index (Phi) is 6.30. The minimum absolute atomic E-state index is 0.203. The van der Waals surface area contributed by atoms with Gasteiger partial charge in [0.1, 0.15) is 0 Å². The van der Waals surface area contributed by atoms with E-state index in [1.807, 2.05) is 6.92 Å². The molecule has 1 aromatic heterocycles. The van der Waals surface area contributed by atoms with Crippen LogP contribution in [0.3, 0.4) is 0 Å². The van der Waals surface area contributed by atoms with Crippen LogP contribution in [0.5, 0.6) is 0 Å². The first kappa shape index (κ1) is 19.2. The van der Waals surface area contributed by atoms with E-state index in [-0.39, 0.29) is 13.2 Å². The molecule has 3 heterocycles. The number of carbonyl (C=O) groups excluding carboxylic acids is 3. The van der Waals surface area contributed by atoms with Gasteiger partial charge in [-0.2, -0.15) is 0 Å². The highest BCUT2D eigenvalue weighted by molar-refractivity contribution is 6.44. The number of piperazine rings is 1. The van der Waals surface area contributed by atoms with Crippen molar-refractivity contribution < 1.29 is 24.0 Å². The minimum Gasteiger partial charge on any atom is -0.382 e. The number of nitrogens with zero attached hydrogens (tertiary/aromatic N) is 5. The maximum Gasteiger partial charge on any atom is 0.338 e. The summed E-state index contributed by atoms with van der Waals surface area (Å²) in [4.78, 5) is 50.5. The Hall–Kier alpha value is -2.59. The van der Waals surface area contributed by atoms with Crippen LogP contribution in [0.15, 0.2) is 18.5 Å². The molecule has 0 bridgehead atoms. The number of rotatable bonds is 8. The summed E-state index contributed by atoms with van der Waals surface area (Å²) >= 11 is 0. The second-order valence-corrected chi connectivity index (χ2v) is 6.47. The molecule has 2 aliphatic rings. The molecule has 0 spiro atoms. The van der Waals surface area contributed by atoms with Crippen molar-refractivity contribution in [2.24, 2.45) is 0 Å². The second-order valence-electron chi connectivity index (χ2n) is 6.47. The number of ether oxygens (including phenoxy) is 1. The lowest BCUT2D eigenvalue weighted by molar-refractivity contribution is -0.907. The Morgan fingerprint density at radius 2 is 1.74 bits per heavy atom. The molecule has 3 rings (SSSR count). The molecule has 0 radical (unpaired) electrons. The van der Waals surface area contributed by atoms with E-state index in [9.17, 15) is 14.4 Å². The van der Waals surface area contributed by atoms with E-state index >= 15 is 0 Å². The zero-order valence-electron chi connectivity index (χ0n) is 15.5. The fraction of sp³-hybridized carbons (Fsp3) is 0.588. The van der Waals surface area contributed by atoms with Crippen molar-refractivity contribution in [3.8, 4) is 0 Å². The Labute approximate surface area is 157 Å². The van der Waals surface area contributed by atoms with Gasteiger partial charge < -0.3 is 14.5 Å². The molecule has 10 heteroatoms. The van der Waals surface area contributed by atoms with Gasteiger partial charge in [0.2, 0.25) is 5.95 Å². The van der Waals surface area contributed by atoms with Crippen LogP contribution in [0.4, 0.5) is 10.7 Å². The van der Waals surface area contributed by atoms with Gasteiger partial charge in [-0.15, -0.1) is 0 Å². The predicted octanol–water partition coefficient (Wildman–Crippen LogP) is -1.64. The number of anilines is 1. The van der Waals surface area contributed by atoms with E-state index in [1.165, 1.54) is 0 Å². The number of nitrogens with one attached hydrogen (secondary N) is 1. The smallest absolute Gasteiger partial charge is 0.338 e. The van der Waals surface area contributed by atoms with Crippen molar-refractivity contribution in [1.29, 1.82) is 0 Å². The third kappa shape index (κ3) is 4.40. The van der Waals surface area contributed by atoms with Crippen LogP contribution in [-0.4, -0.2) is 90.2 Å². The number of urea groups is 1. The van der Waals surface area contributed by atoms with E-state index in [0.29, 0.717) is 25.6 Å². The summed E-state index contributed by atoms with van der Waals surface area (Å²) in [5.74, 6) is -0.800. The number of hydrogen-bond donors (Lipinski definition) is 1. The first-order valence-corrected chi connectivity index (χ1v) is 9.22. The van der Waals surface area contributed by atoms with Gasteiger partial charge in [-0.25, -0.2) is 19.7 Å². The Morgan fingerprint density at radius 3 is 2.41 bits per heavy atom. The van der Waals surface area contributed by atoms with Gasteiger partial charge >= 0.3 is 17.8 Å². The maximum atomic E-state index is 12.5. The zero-order valence-corrected chi connectivity index (χ0v) is 15.5. The number of amides is 4. The summed E-state index contributed by atoms with van der Waals surface area (Å²) in [6.07, 6.45) is 3.93. The summed E-state index contributed by atoms with van der Waals surface area (Å²) in [5, 5.41) is 0. The van der Waals surface area contributed by atoms with E-state index in [0.717, 1.165) is 40.9 Å². The number of imide groups is 2. The summed E-state index contributed by atoms with van der Waals surface area (Å²) in [7, 11) is 0. The topological polar surface area (TPSA) is 100 Å². The van der Waals surface area contributed by atoms with Crippen molar-refractivity contribution in [3.05, 3.63) is 18.5 Å².